The third-order valence-corrected chi connectivity index (χ3v) is 3.30. The van der Waals surface area contributed by atoms with Crippen molar-refractivity contribution in [2.75, 3.05) is 20.3 Å². The maximum atomic E-state index is 12.3. The predicted molar refractivity (Wildman–Crippen MR) is 74.1 cm³/mol. The molecule has 0 atom stereocenters. The summed E-state index contributed by atoms with van der Waals surface area (Å²) in [7, 11) is 1.61. The molecule has 0 amide bonds. The first-order valence-electron chi connectivity index (χ1n) is 5.90. The van der Waals surface area contributed by atoms with Gasteiger partial charge in [0.2, 0.25) is 5.78 Å². The number of para-hydroxylation sites is 1. The predicted octanol–water partition coefficient (Wildman–Crippen LogP) is 2.71. The van der Waals surface area contributed by atoms with E-state index in [0.717, 1.165) is 5.01 Å². The molecule has 19 heavy (non-hydrogen) atoms. The van der Waals surface area contributed by atoms with Crippen molar-refractivity contribution >= 4 is 17.1 Å². The van der Waals surface area contributed by atoms with Gasteiger partial charge in [-0.05, 0) is 19.1 Å². The van der Waals surface area contributed by atoms with Crippen LogP contribution in [0.5, 0.6) is 5.75 Å². The lowest BCUT2D eigenvalue weighted by molar-refractivity contribution is 0.102. The fraction of sp³-hybridized carbons (Fsp3) is 0.286. The fourth-order valence-electron chi connectivity index (χ4n) is 1.62. The van der Waals surface area contributed by atoms with E-state index in [-0.39, 0.29) is 5.78 Å². The maximum Gasteiger partial charge on any atom is 0.215 e. The minimum atomic E-state index is -0.114. The Morgan fingerprint density at radius 1 is 1.32 bits per heavy atom. The molecule has 0 spiro atoms. The lowest BCUT2D eigenvalue weighted by Crippen LogP contribution is -2.09. The Kier molecular flexibility index (Phi) is 4.65. The molecule has 0 aliphatic carbocycles. The first kappa shape index (κ1) is 13.7. The van der Waals surface area contributed by atoms with E-state index in [2.05, 4.69) is 4.98 Å². The van der Waals surface area contributed by atoms with E-state index in [1.807, 2.05) is 19.1 Å². The number of thiazole rings is 1. The van der Waals surface area contributed by atoms with Crippen LogP contribution in [0.4, 0.5) is 0 Å². The van der Waals surface area contributed by atoms with Gasteiger partial charge in [0.15, 0.2) is 0 Å². The van der Waals surface area contributed by atoms with E-state index in [9.17, 15) is 4.79 Å². The molecule has 0 unspecified atom stereocenters. The van der Waals surface area contributed by atoms with Crippen LogP contribution >= 0.6 is 11.3 Å². The molecule has 0 fully saturated rings. The Morgan fingerprint density at radius 2 is 2.11 bits per heavy atom. The third kappa shape index (κ3) is 3.39. The number of ketones is 1. The number of hydrogen-bond acceptors (Lipinski definition) is 5. The molecule has 100 valence electrons. The number of nitrogens with zero attached hydrogens (tertiary/aromatic N) is 1. The molecule has 0 N–H and O–H groups in total. The van der Waals surface area contributed by atoms with Gasteiger partial charge in [0.1, 0.15) is 18.1 Å². The molecule has 1 aromatic heterocycles. The molecule has 1 aromatic carbocycles. The number of aryl methyl sites for hydroxylation is 1. The van der Waals surface area contributed by atoms with Crippen molar-refractivity contribution in [1.29, 1.82) is 0 Å². The second-order valence-electron chi connectivity index (χ2n) is 3.92. The SMILES string of the molecule is COCCOc1ccccc1C(=O)c1csc(C)n1. The van der Waals surface area contributed by atoms with Crippen molar-refractivity contribution in [3.8, 4) is 5.75 Å². The van der Waals surface area contributed by atoms with Crippen LogP contribution in [0, 0.1) is 6.92 Å². The number of carbonyl (C=O) groups excluding carboxylic acids is 1. The van der Waals surface area contributed by atoms with Crippen molar-refractivity contribution in [2.45, 2.75) is 6.92 Å². The van der Waals surface area contributed by atoms with Crippen molar-refractivity contribution in [3.05, 3.63) is 45.9 Å². The molecule has 2 aromatic rings. The van der Waals surface area contributed by atoms with E-state index in [4.69, 9.17) is 9.47 Å². The Balaban J connectivity index is 2.21. The first-order chi connectivity index (χ1) is 9.22. The van der Waals surface area contributed by atoms with E-state index in [1.54, 1.807) is 24.6 Å². The van der Waals surface area contributed by atoms with Gasteiger partial charge in [0, 0.05) is 12.5 Å². The van der Waals surface area contributed by atoms with Gasteiger partial charge in [0.25, 0.3) is 0 Å². The molecule has 0 saturated heterocycles. The minimum absolute atomic E-state index is 0.114. The van der Waals surface area contributed by atoms with Crippen LogP contribution in [0.15, 0.2) is 29.6 Å². The second-order valence-corrected chi connectivity index (χ2v) is 4.98. The number of benzene rings is 1. The van der Waals surface area contributed by atoms with Crippen LogP contribution in [0.25, 0.3) is 0 Å². The van der Waals surface area contributed by atoms with Gasteiger partial charge in [-0.1, -0.05) is 12.1 Å². The highest BCUT2D eigenvalue weighted by molar-refractivity contribution is 7.09. The standard InChI is InChI=1S/C14H15NO3S/c1-10-15-12(9-19-10)14(16)11-5-3-4-6-13(11)18-8-7-17-2/h3-6,9H,7-8H2,1-2H3. The van der Waals surface area contributed by atoms with Crippen LogP contribution < -0.4 is 4.74 Å². The summed E-state index contributed by atoms with van der Waals surface area (Å²) in [6.07, 6.45) is 0. The summed E-state index contributed by atoms with van der Waals surface area (Å²) in [5.74, 6) is 0.451. The Morgan fingerprint density at radius 3 is 2.79 bits per heavy atom. The smallest absolute Gasteiger partial charge is 0.215 e. The Labute approximate surface area is 116 Å². The molecular formula is C14H15NO3S. The molecule has 0 radical (unpaired) electrons. The Hall–Kier alpha value is -1.72. The number of rotatable bonds is 6. The van der Waals surface area contributed by atoms with Gasteiger partial charge < -0.3 is 9.47 Å². The number of aromatic nitrogens is 1. The molecule has 2 rings (SSSR count). The zero-order valence-corrected chi connectivity index (χ0v) is 11.7. The summed E-state index contributed by atoms with van der Waals surface area (Å²) in [6.45, 7) is 2.78. The summed E-state index contributed by atoms with van der Waals surface area (Å²) < 4.78 is 10.5. The number of hydrogen-bond donors (Lipinski definition) is 0. The van der Waals surface area contributed by atoms with Crippen LogP contribution in [0.3, 0.4) is 0 Å². The zero-order valence-electron chi connectivity index (χ0n) is 10.9. The van der Waals surface area contributed by atoms with Gasteiger partial charge >= 0.3 is 0 Å². The summed E-state index contributed by atoms with van der Waals surface area (Å²) in [5.41, 5.74) is 0.995. The lowest BCUT2D eigenvalue weighted by Gasteiger charge is -2.09. The van der Waals surface area contributed by atoms with Crippen molar-refractivity contribution in [3.63, 3.8) is 0 Å². The quantitative estimate of drug-likeness (QED) is 0.601. The number of carbonyl (C=O) groups is 1. The molecule has 1 heterocycles. The average molecular weight is 277 g/mol. The van der Waals surface area contributed by atoms with Gasteiger partial charge in [-0.2, -0.15) is 0 Å². The highest BCUT2D eigenvalue weighted by Gasteiger charge is 2.16. The highest BCUT2D eigenvalue weighted by Crippen LogP contribution is 2.22. The van der Waals surface area contributed by atoms with Crippen molar-refractivity contribution < 1.29 is 14.3 Å². The fourth-order valence-corrected chi connectivity index (χ4v) is 2.21. The molecule has 4 nitrogen and oxygen atoms in total. The largest absolute Gasteiger partial charge is 0.490 e. The number of ether oxygens (including phenoxy) is 2. The average Bonchev–Trinajstić information content (AvgIpc) is 2.85. The summed E-state index contributed by atoms with van der Waals surface area (Å²) >= 11 is 1.46. The summed E-state index contributed by atoms with van der Waals surface area (Å²) in [6, 6.07) is 7.18. The number of methoxy groups -OCH3 is 1. The minimum Gasteiger partial charge on any atom is -0.490 e. The van der Waals surface area contributed by atoms with Gasteiger partial charge in [-0.25, -0.2) is 4.98 Å². The second kappa shape index (κ2) is 6.45. The monoisotopic (exact) mass is 277 g/mol. The molecule has 0 bridgehead atoms. The lowest BCUT2D eigenvalue weighted by atomic mass is 10.1. The van der Waals surface area contributed by atoms with E-state index in [1.165, 1.54) is 11.3 Å². The zero-order chi connectivity index (χ0) is 13.7. The third-order valence-electron chi connectivity index (χ3n) is 2.53. The van der Waals surface area contributed by atoms with Crippen LogP contribution in [0.2, 0.25) is 0 Å². The molecule has 5 heteroatoms. The van der Waals surface area contributed by atoms with Crippen LogP contribution in [-0.4, -0.2) is 31.1 Å². The van der Waals surface area contributed by atoms with Gasteiger partial charge in [0.05, 0.1) is 17.2 Å². The first-order valence-corrected chi connectivity index (χ1v) is 6.78. The van der Waals surface area contributed by atoms with Crippen molar-refractivity contribution in [2.24, 2.45) is 0 Å². The van der Waals surface area contributed by atoms with Crippen LogP contribution in [0.1, 0.15) is 21.1 Å². The highest BCUT2D eigenvalue weighted by atomic mass is 32.1. The molecular weight excluding hydrogens is 262 g/mol. The summed E-state index contributed by atoms with van der Waals surface area (Å²) in [5, 5.41) is 2.64. The van der Waals surface area contributed by atoms with Crippen molar-refractivity contribution in [1.82, 2.24) is 4.98 Å². The van der Waals surface area contributed by atoms with Crippen LogP contribution in [-0.2, 0) is 4.74 Å². The maximum absolute atomic E-state index is 12.3. The van der Waals surface area contributed by atoms with Gasteiger partial charge in [-0.15, -0.1) is 11.3 Å². The van der Waals surface area contributed by atoms with E-state index in [0.29, 0.717) is 30.2 Å². The molecule has 0 saturated carbocycles. The molecule has 0 aliphatic heterocycles. The Bertz CT molecular complexity index is 565. The normalized spacial score (nSPS) is 10.4. The topological polar surface area (TPSA) is 48.4 Å². The van der Waals surface area contributed by atoms with E-state index >= 15 is 0 Å². The molecule has 0 aliphatic rings. The van der Waals surface area contributed by atoms with Gasteiger partial charge in [-0.3, -0.25) is 4.79 Å². The summed E-state index contributed by atoms with van der Waals surface area (Å²) in [4.78, 5) is 16.6. The van der Waals surface area contributed by atoms with E-state index < -0.39 is 0 Å².